The Labute approximate surface area is 163 Å². The summed E-state index contributed by atoms with van der Waals surface area (Å²) in [6.07, 6.45) is 6.26. The molecular weight excluding hydrogens is 362 g/mol. The van der Waals surface area contributed by atoms with Gasteiger partial charge < -0.3 is 9.52 Å². The summed E-state index contributed by atoms with van der Waals surface area (Å²) in [5, 5.41) is 11.4. The van der Waals surface area contributed by atoms with Crippen molar-refractivity contribution >= 4 is 22.6 Å². The average Bonchev–Trinajstić information content (AvgIpc) is 2.94. The van der Waals surface area contributed by atoms with E-state index in [1.807, 2.05) is 12.1 Å². The van der Waals surface area contributed by atoms with Crippen molar-refractivity contribution in [2.45, 2.75) is 32.2 Å². The van der Waals surface area contributed by atoms with Crippen molar-refractivity contribution < 1.29 is 9.52 Å². The first kappa shape index (κ1) is 18.1. The van der Waals surface area contributed by atoms with Gasteiger partial charge in [0.05, 0.1) is 16.5 Å². The molecule has 0 saturated carbocycles. The Morgan fingerprint density at radius 3 is 2.48 bits per heavy atom. The van der Waals surface area contributed by atoms with Gasteiger partial charge in [-0.25, -0.2) is 0 Å². The summed E-state index contributed by atoms with van der Waals surface area (Å²) < 4.78 is 5.87. The zero-order valence-corrected chi connectivity index (χ0v) is 15.8. The predicted octanol–water partition coefficient (Wildman–Crippen LogP) is 5.20. The molecular formula is C22H22ClNO3. The summed E-state index contributed by atoms with van der Waals surface area (Å²) in [6.45, 7) is 2.58. The van der Waals surface area contributed by atoms with E-state index in [9.17, 15) is 9.90 Å². The molecule has 0 spiro atoms. The molecule has 1 fully saturated rings. The molecule has 1 aromatic heterocycles. The number of fused-ring (bicyclic) bond motifs is 1. The molecule has 5 heteroatoms. The summed E-state index contributed by atoms with van der Waals surface area (Å²) in [6, 6.07) is 10.4. The lowest BCUT2D eigenvalue weighted by Gasteiger charge is -2.21. The van der Waals surface area contributed by atoms with Gasteiger partial charge in [0.15, 0.2) is 0 Å². The van der Waals surface area contributed by atoms with Crippen LogP contribution in [0.15, 0.2) is 51.9 Å². The van der Waals surface area contributed by atoms with Crippen LogP contribution in [0.1, 0.15) is 31.2 Å². The fourth-order valence-electron chi connectivity index (χ4n) is 3.78. The van der Waals surface area contributed by atoms with E-state index in [1.54, 1.807) is 24.3 Å². The Bertz CT molecular complexity index is 1020. The number of nitrogens with zero attached hydrogens (tertiary/aromatic N) is 1. The first-order chi connectivity index (χ1) is 13.1. The third kappa shape index (κ3) is 3.60. The first-order valence-corrected chi connectivity index (χ1v) is 9.76. The van der Waals surface area contributed by atoms with Crippen LogP contribution in [0.3, 0.4) is 0 Å². The van der Waals surface area contributed by atoms with Crippen molar-refractivity contribution in [3.8, 4) is 16.9 Å². The highest BCUT2D eigenvalue weighted by Crippen LogP contribution is 2.31. The van der Waals surface area contributed by atoms with Crippen LogP contribution in [0.5, 0.6) is 5.75 Å². The molecule has 1 aliphatic rings. The SMILES string of the molecule is O=c1c(-c2ccccc2Cl)coc2c(CN3CCCCCC3)c(O)ccc12. The summed E-state index contributed by atoms with van der Waals surface area (Å²) >= 11 is 6.26. The molecule has 1 saturated heterocycles. The van der Waals surface area contributed by atoms with Gasteiger partial charge in [0.2, 0.25) is 5.43 Å². The maximum Gasteiger partial charge on any atom is 0.200 e. The highest BCUT2D eigenvalue weighted by atomic mass is 35.5. The van der Waals surface area contributed by atoms with E-state index in [-0.39, 0.29) is 11.2 Å². The Hall–Kier alpha value is -2.30. The van der Waals surface area contributed by atoms with E-state index in [1.165, 1.54) is 19.1 Å². The molecule has 1 aliphatic heterocycles. The fourth-order valence-corrected chi connectivity index (χ4v) is 4.02. The second kappa shape index (κ2) is 7.75. The molecule has 27 heavy (non-hydrogen) atoms. The second-order valence-corrected chi connectivity index (χ2v) is 7.50. The van der Waals surface area contributed by atoms with Crippen LogP contribution in [-0.2, 0) is 6.54 Å². The molecule has 0 unspecified atom stereocenters. The molecule has 0 atom stereocenters. The standard InChI is InChI=1S/C22H22ClNO3/c23-19-8-4-3-7-15(19)18-14-27-22-16(21(18)26)9-10-20(25)17(22)13-24-11-5-1-2-6-12-24/h3-4,7-10,14,25H,1-2,5-6,11-13H2. The molecule has 4 nitrogen and oxygen atoms in total. The van der Waals surface area contributed by atoms with Crippen molar-refractivity contribution in [3.63, 3.8) is 0 Å². The number of hydrogen-bond donors (Lipinski definition) is 1. The number of hydrogen-bond acceptors (Lipinski definition) is 4. The summed E-state index contributed by atoms with van der Waals surface area (Å²) in [7, 11) is 0. The lowest BCUT2D eigenvalue weighted by Crippen LogP contribution is -2.24. The average molecular weight is 384 g/mol. The number of aromatic hydroxyl groups is 1. The Balaban J connectivity index is 1.80. The van der Waals surface area contributed by atoms with Gasteiger partial charge in [-0.1, -0.05) is 42.6 Å². The number of likely N-dealkylation sites (tertiary alicyclic amines) is 1. The minimum atomic E-state index is -0.138. The van der Waals surface area contributed by atoms with Crippen LogP contribution >= 0.6 is 11.6 Å². The molecule has 3 aromatic rings. The minimum absolute atomic E-state index is 0.138. The molecule has 2 heterocycles. The Morgan fingerprint density at radius 1 is 1.00 bits per heavy atom. The van der Waals surface area contributed by atoms with Gasteiger partial charge in [0.25, 0.3) is 0 Å². The largest absolute Gasteiger partial charge is 0.507 e. The quantitative estimate of drug-likeness (QED) is 0.675. The highest BCUT2D eigenvalue weighted by molar-refractivity contribution is 6.33. The summed E-state index contributed by atoms with van der Waals surface area (Å²) in [5.41, 5.74) is 2.08. The molecule has 4 rings (SSSR count). The van der Waals surface area contributed by atoms with Gasteiger partial charge in [-0.3, -0.25) is 9.69 Å². The van der Waals surface area contributed by atoms with Crippen LogP contribution in [0.4, 0.5) is 0 Å². The van der Waals surface area contributed by atoms with Crippen molar-refractivity contribution in [1.29, 1.82) is 0 Å². The van der Waals surface area contributed by atoms with Crippen molar-refractivity contribution in [2.24, 2.45) is 0 Å². The van der Waals surface area contributed by atoms with Gasteiger partial charge in [0, 0.05) is 17.1 Å². The monoisotopic (exact) mass is 383 g/mol. The third-order valence-electron chi connectivity index (χ3n) is 5.26. The van der Waals surface area contributed by atoms with Crippen molar-refractivity contribution in [1.82, 2.24) is 4.90 Å². The summed E-state index contributed by atoms with van der Waals surface area (Å²) in [4.78, 5) is 15.4. The fraction of sp³-hybridized carbons (Fsp3) is 0.318. The van der Waals surface area contributed by atoms with Gasteiger partial charge in [0.1, 0.15) is 17.6 Å². The number of phenols is 1. The highest BCUT2D eigenvalue weighted by Gasteiger charge is 2.19. The molecule has 0 amide bonds. The number of halogens is 1. The molecule has 140 valence electrons. The van der Waals surface area contributed by atoms with Crippen LogP contribution in [0.25, 0.3) is 22.1 Å². The van der Waals surface area contributed by atoms with Crippen molar-refractivity contribution in [3.05, 3.63) is 63.5 Å². The van der Waals surface area contributed by atoms with E-state index >= 15 is 0 Å². The van der Waals surface area contributed by atoms with Gasteiger partial charge >= 0.3 is 0 Å². The van der Waals surface area contributed by atoms with Gasteiger partial charge in [-0.15, -0.1) is 0 Å². The number of benzene rings is 2. The lowest BCUT2D eigenvalue weighted by molar-refractivity contribution is 0.272. The molecule has 0 radical (unpaired) electrons. The Kier molecular flexibility index (Phi) is 5.19. The maximum atomic E-state index is 13.1. The van der Waals surface area contributed by atoms with E-state index < -0.39 is 0 Å². The molecule has 1 N–H and O–H groups in total. The minimum Gasteiger partial charge on any atom is -0.507 e. The Morgan fingerprint density at radius 2 is 1.74 bits per heavy atom. The molecule has 0 aliphatic carbocycles. The van der Waals surface area contributed by atoms with Crippen molar-refractivity contribution in [2.75, 3.05) is 13.1 Å². The van der Waals surface area contributed by atoms with E-state index in [4.69, 9.17) is 16.0 Å². The topological polar surface area (TPSA) is 53.7 Å². The van der Waals surface area contributed by atoms with Gasteiger partial charge in [-0.05, 0) is 44.1 Å². The lowest BCUT2D eigenvalue weighted by atomic mass is 10.0. The van der Waals surface area contributed by atoms with Crippen LogP contribution in [-0.4, -0.2) is 23.1 Å². The predicted molar refractivity (Wildman–Crippen MR) is 108 cm³/mol. The second-order valence-electron chi connectivity index (χ2n) is 7.09. The van der Waals surface area contributed by atoms with E-state index in [0.29, 0.717) is 39.2 Å². The number of phenolic OH excluding ortho intramolecular Hbond substituents is 1. The normalized spacial score (nSPS) is 15.7. The zero-order chi connectivity index (χ0) is 18.8. The van der Waals surface area contributed by atoms with Crippen LogP contribution < -0.4 is 5.43 Å². The maximum absolute atomic E-state index is 13.1. The molecule has 0 bridgehead atoms. The van der Waals surface area contributed by atoms with E-state index in [0.717, 1.165) is 25.9 Å². The third-order valence-corrected chi connectivity index (χ3v) is 5.59. The van der Waals surface area contributed by atoms with Crippen LogP contribution in [0, 0.1) is 0 Å². The first-order valence-electron chi connectivity index (χ1n) is 9.39. The van der Waals surface area contributed by atoms with E-state index in [2.05, 4.69) is 4.90 Å². The molecule has 2 aromatic carbocycles. The number of rotatable bonds is 3. The smallest absolute Gasteiger partial charge is 0.200 e. The summed E-state index contributed by atoms with van der Waals surface area (Å²) in [5.74, 6) is 0.167. The van der Waals surface area contributed by atoms with Gasteiger partial charge in [-0.2, -0.15) is 0 Å². The zero-order valence-electron chi connectivity index (χ0n) is 15.1. The van der Waals surface area contributed by atoms with Crippen LogP contribution in [0.2, 0.25) is 5.02 Å².